The normalized spacial score (nSPS) is 12.1. The molecule has 0 atom stereocenters. The molecule has 0 unspecified atom stereocenters. The van der Waals surface area contributed by atoms with Crippen LogP contribution in [0.5, 0.6) is 5.75 Å². The van der Waals surface area contributed by atoms with Crippen LogP contribution in [0.3, 0.4) is 0 Å². The highest BCUT2D eigenvalue weighted by atomic mass is 35.7. The molecule has 0 N–H and O–H groups in total. The third-order valence-corrected chi connectivity index (χ3v) is 5.25. The predicted molar refractivity (Wildman–Crippen MR) is 78.5 cm³/mol. The highest BCUT2D eigenvalue weighted by molar-refractivity contribution is 8.13. The van der Waals surface area contributed by atoms with Crippen molar-refractivity contribution in [3.63, 3.8) is 0 Å². The lowest BCUT2D eigenvalue weighted by Gasteiger charge is -2.07. The van der Waals surface area contributed by atoms with Crippen LogP contribution in [0.1, 0.15) is 5.56 Å². The smallest absolute Gasteiger partial charge is 0.339 e. The zero-order valence-electron chi connectivity index (χ0n) is 10.9. The summed E-state index contributed by atoms with van der Waals surface area (Å²) < 4.78 is 51.2. The molecule has 2 rings (SSSR count). The Morgan fingerprint density at radius 3 is 1.76 bits per heavy atom. The second-order valence-corrected chi connectivity index (χ2v) is 8.37. The second-order valence-electron chi connectivity index (χ2n) is 4.26. The monoisotopic (exact) mass is 346 g/mol. The molecule has 0 spiro atoms. The van der Waals surface area contributed by atoms with Crippen molar-refractivity contribution >= 4 is 29.9 Å². The Morgan fingerprint density at radius 1 is 0.810 bits per heavy atom. The van der Waals surface area contributed by atoms with E-state index in [1.807, 2.05) is 6.92 Å². The van der Waals surface area contributed by atoms with E-state index in [1.165, 1.54) is 36.4 Å². The summed E-state index contributed by atoms with van der Waals surface area (Å²) in [6.07, 6.45) is 0. The van der Waals surface area contributed by atoms with Gasteiger partial charge in [0.25, 0.3) is 9.05 Å². The van der Waals surface area contributed by atoms with Crippen LogP contribution in [0.25, 0.3) is 0 Å². The molecule has 2 aromatic rings. The summed E-state index contributed by atoms with van der Waals surface area (Å²) in [6.45, 7) is 1.84. The average molecular weight is 347 g/mol. The van der Waals surface area contributed by atoms with Crippen LogP contribution in [-0.2, 0) is 19.2 Å². The Bertz CT molecular complexity index is 838. The number of hydrogen-bond acceptors (Lipinski definition) is 5. The van der Waals surface area contributed by atoms with Crippen LogP contribution in [0, 0.1) is 6.92 Å². The lowest BCUT2D eigenvalue weighted by molar-refractivity contribution is 0.486. The lowest BCUT2D eigenvalue weighted by Crippen LogP contribution is -2.09. The molecular weight excluding hydrogens is 336 g/mol. The van der Waals surface area contributed by atoms with Crippen molar-refractivity contribution in [2.24, 2.45) is 0 Å². The predicted octanol–water partition coefficient (Wildman–Crippen LogP) is 2.69. The Morgan fingerprint density at radius 2 is 1.29 bits per heavy atom. The van der Waals surface area contributed by atoms with Crippen molar-refractivity contribution in [3.8, 4) is 5.75 Å². The van der Waals surface area contributed by atoms with E-state index in [4.69, 9.17) is 14.9 Å². The molecule has 5 nitrogen and oxygen atoms in total. The first kappa shape index (κ1) is 15.8. The van der Waals surface area contributed by atoms with Crippen molar-refractivity contribution in [1.82, 2.24) is 0 Å². The molecule has 0 aliphatic carbocycles. The molecule has 0 fully saturated rings. The standard InChI is InChI=1S/C13H11ClO5S2/c1-10-2-6-13(7-3-10)21(17,18)19-11-4-8-12(9-5-11)20(14,15)16/h2-9H,1H3. The Balaban J connectivity index is 2.27. The van der Waals surface area contributed by atoms with Crippen molar-refractivity contribution in [2.75, 3.05) is 0 Å². The summed E-state index contributed by atoms with van der Waals surface area (Å²) in [5, 5.41) is 0. The fourth-order valence-electron chi connectivity index (χ4n) is 1.54. The van der Waals surface area contributed by atoms with Crippen molar-refractivity contribution < 1.29 is 21.0 Å². The number of rotatable bonds is 4. The van der Waals surface area contributed by atoms with Gasteiger partial charge in [-0.15, -0.1) is 0 Å². The Labute approximate surface area is 127 Å². The van der Waals surface area contributed by atoms with Gasteiger partial charge in [-0.05, 0) is 43.3 Å². The topological polar surface area (TPSA) is 77.5 Å². The molecule has 8 heteroatoms. The quantitative estimate of drug-likeness (QED) is 0.628. The van der Waals surface area contributed by atoms with Crippen LogP contribution < -0.4 is 4.18 Å². The highest BCUT2D eigenvalue weighted by Crippen LogP contribution is 2.22. The van der Waals surface area contributed by atoms with Gasteiger partial charge in [0.05, 0.1) is 4.90 Å². The minimum absolute atomic E-state index is 0.000332. The van der Waals surface area contributed by atoms with E-state index in [0.717, 1.165) is 5.56 Å². The zero-order chi connectivity index (χ0) is 15.7. The minimum Gasteiger partial charge on any atom is -0.379 e. The molecule has 0 aromatic heterocycles. The fourth-order valence-corrected chi connectivity index (χ4v) is 3.24. The van der Waals surface area contributed by atoms with Gasteiger partial charge in [-0.3, -0.25) is 0 Å². The molecule has 0 radical (unpaired) electrons. The van der Waals surface area contributed by atoms with Crippen molar-refractivity contribution in [2.45, 2.75) is 16.7 Å². The zero-order valence-corrected chi connectivity index (χ0v) is 13.2. The van der Waals surface area contributed by atoms with Crippen LogP contribution in [0.15, 0.2) is 58.3 Å². The molecular formula is C13H11ClO5S2. The Hall–Kier alpha value is -1.57. The Kier molecular flexibility index (Phi) is 4.27. The minimum atomic E-state index is -3.96. The molecule has 0 aliphatic rings. The number of benzene rings is 2. The maximum atomic E-state index is 12.0. The number of hydrogen-bond donors (Lipinski definition) is 0. The van der Waals surface area contributed by atoms with E-state index >= 15 is 0 Å². The van der Waals surface area contributed by atoms with E-state index < -0.39 is 19.2 Å². The van der Waals surface area contributed by atoms with Crippen molar-refractivity contribution in [3.05, 3.63) is 54.1 Å². The first-order valence-electron chi connectivity index (χ1n) is 5.74. The largest absolute Gasteiger partial charge is 0.379 e. The summed E-state index contributed by atoms with van der Waals surface area (Å²) in [6, 6.07) is 11.0. The molecule has 0 bridgehead atoms. The third kappa shape index (κ3) is 3.96. The molecule has 0 saturated carbocycles. The summed E-state index contributed by atoms with van der Waals surface area (Å²) >= 11 is 0. The molecule has 21 heavy (non-hydrogen) atoms. The van der Waals surface area contributed by atoms with E-state index in [0.29, 0.717) is 0 Å². The fraction of sp³-hybridized carbons (Fsp3) is 0.0769. The summed E-state index contributed by atoms with van der Waals surface area (Å²) in [7, 11) is -2.65. The van der Waals surface area contributed by atoms with Crippen LogP contribution in [0.2, 0.25) is 0 Å². The van der Waals surface area contributed by atoms with Gasteiger partial charge in [0.1, 0.15) is 10.6 Å². The van der Waals surface area contributed by atoms with E-state index in [2.05, 4.69) is 0 Å². The van der Waals surface area contributed by atoms with Gasteiger partial charge in [0, 0.05) is 10.7 Å². The molecule has 0 heterocycles. The highest BCUT2D eigenvalue weighted by Gasteiger charge is 2.17. The summed E-state index contributed by atoms with van der Waals surface area (Å²) in [4.78, 5) is -0.119. The van der Waals surface area contributed by atoms with Gasteiger partial charge in [-0.25, -0.2) is 8.42 Å². The average Bonchev–Trinajstić information content (AvgIpc) is 2.38. The molecule has 112 valence electrons. The summed E-state index contributed by atoms with van der Waals surface area (Å²) in [5.41, 5.74) is 0.922. The lowest BCUT2D eigenvalue weighted by atomic mass is 10.2. The van der Waals surface area contributed by atoms with Gasteiger partial charge in [-0.2, -0.15) is 8.42 Å². The maximum Gasteiger partial charge on any atom is 0.339 e. The maximum absolute atomic E-state index is 12.0. The third-order valence-electron chi connectivity index (χ3n) is 2.62. The van der Waals surface area contributed by atoms with Gasteiger partial charge < -0.3 is 4.18 Å². The van der Waals surface area contributed by atoms with Gasteiger partial charge in [0.2, 0.25) is 0 Å². The van der Waals surface area contributed by atoms with Crippen LogP contribution in [-0.4, -0.2) is 16.8 Å². The first-order valence-corrected chi connectivity index (χ1v) is 9.46. The van der Waals surface area contributed by atoms with Gasteiger partial charge in [0.15, 0.2) is 0 Å². The van der Waals surface area contributed by atoms with Crippen LogP contribution >= 0.6 is 10.7 Å². The SMILES string of the molecule is Cc1ccc(S(=O)(=O)Oc2ccc(S(=O)(=O)Cl)cc2)cc1. The molecule has 0 aliphatic heterocycles. The van der Waals surface area contributed by atoms with Gasteiger partial charge in [-0.1, -0.05) is 17.7 Å². The number of aryl methyl sites for hydroxylation is 1. The van der Waals surface area contributed by atoms with Crippen molar-refractivity contribution in [1.29, 1.82) is 0 Å². The molecule has 0 saturated heterocycles. The first-order chi connectivity index (χ1) is 9.68. The summed E-state index contributed by atoms with van der Waals surface area (Å²) in [5.74, 6) is -0.000332. The number of halogens is 1. The molecule has 2 aromatic carbocycles. The van der Waals surface area contributed by atoms with Gasteiger partial charge >= 0.3 is 10.1 Å². The molecule has 0 amide bonds. The van der Waals surface area contributed by atoms with E-state index in [1.54, 1.807) is 12.1 Å². The van der Waals surface area contributed by atoms with E-state index in [-0.39, 0.29) is 15.5 Å². The second kappa shape index (κ2) is 5.67. The van der Waals surface area contributed by atoms with Crippen LogP contribution in [0.4, 0.5) is 0 Å². The van der Waals surface area contributed by atoms with E-state index in [9.17, 15) is 16.8 Å².